The number of rotatable bonds is 5. The first-order valence-electron chi connectivity index (χ1n) is 6.27. The summed E-state index contributed by atoms with van der Waals surface area (Å²) in [7, 11) is -1.25. The molecule has 4 nitrogen and oxygen atoms in total. The largest absolute Gasteiger partial charge is 0.377 e. The molecule has 102 valence electrons. The Morgan fingerprint density at radius 1 is 1.53 bits per heavy atom. The number of methoxy groups -OCH3 is 1. The average Bonchev–Trinajstić information content (AvgIpc) is 2.24. The molecule has 1 aliphatic rings. The fourth-order valence-electron chi connectivity index (χ4n) is 2.82. The Balaban J connectivity index is 2.65. The van der Waals surface area contributed by atoms with E-state index in [1.54, 1.807) is 7.11 Å². The molecular weight excluding hydrogens is 238 g/mol. The monoisotopic (exact) mass is 263 g/mol. The minimum absolute atomic E-state index is 0.146. The van der Waals surface area contributed by atoms with Crippen molar-refractivity contribution < 1.29 is 13.2 Å². The first-order valence-corrected chi connectivity index (χ1v) is 8.33. The van der Waals surface area contributed by atoms with Gasteiger partial charge in [-0.2, -0.15) is 0 Å². The van der Waals surface area contributed by atoms with Crippen molar-refractivity contribution in [2.75, 3.05) is 19.1 Å². The number of hydrogen-bond donors (Lipinski definition) is 1. The van der Waals surface area contributed by atoms with E-state index in [1.807, 2.05) is 0 Å². The summed E-state index contributed by atoms with van der Waals surface area (Å²) in [6.45, 7) is 2.20. The highest BCUT2D eigenvalue weighted by molar-refractivity contribution is 7.90. The van der Waals surface area contributed by atoms with Gasteiger partial charge < -0.3 is 10.5 Å². The van der Waals surface area contributed by atoms with Gasteiger partial charge in [0, 0.05) is 19.4 Å². The summed E-state index contributed by atoms with van der Waals surface area (Å²) in [4.78, 5) is 0. The van der Waals surface area contributed by atoms with Crippen molar-refractivity contribution in [2.24, 2.45) is 11.7 Å². The zero-order chi connectivity index (χ0) is 13.1. The van der Waals surface area contributed by atoms with E-state index in [-0.39, 0.29) is 17.4 Å². The van der Waals surface area contributed by atoms with Gasteiger partial charge in [0.25, 0.3) is 0 Å². The molecule has 0 spiro atoms. The SMILES string of the molecule is COC1(C(N)CCS(C)(=O)=O)CCCC(C)C1. The highest BCUT2D eigenvalue weighted by atomic mass is 32.2. The molecule has 1 aliphatic carbocycles. The normalized spacial score (nSPS) is 32.4. The van der Waals surface area contributed by atoms with Crippen LogP contribution in [0.3, 0.4) is 0 Å². The minimum Gasteiger partial charge on any atom is -0.377 e. The fraction of sp³-hybridized carbons (Fsp3) is 1.00. The molecule has 2 N–H and O–H groups in total. The highest BCUT2D eigenvalue weighted by Crippen LogP contribution is 2.37. The van der Waals surface area contributed by atoms with Crippen LogP contribution in [0.5, 0.6) is 0 Å². The van der Waals surface area contributed by atoms with Crippen LogP contribution in [0.4, 0.5) is 0 Å². The third kappa shape index (κ3) is 4.23. The second kappa shape index (κ2) is 5.67. The van der Waals surface area contributed by atoms with E-state index in [4.69, 9.17) is 10.5 Å². The summed E-state index contributed by atoms with van der Waals surface area (Å²) >= 11 is 0. The number of ether oxygens (including phenoxy) is 1. The van der Waals surface area contributed by atoms with Crippen LogP contribution >= 0.6 is 0 Å². The standard InChI is InChI=1S/C12H25NO3S/c1-10-5-4-7-12(9-10,16-2)11(13)6-8-17(3,14)15/h10-11H,4-9,13H2,1-3H3. The molecule has 0 saturated heterocycles. The summed E-state index contributed by atoms with van der Waals surface area (Å²) < 4.78 is 28.0. The zero-order valence-electron chi connectivity index (χ0n) is 11.1. The molecule has 1 saturated carbocycles. The molecule has 3 unspecified atom stereocenters. The molecule has 1 rings (SSSR count). The molecule has 0 aromatic rings. The molecule has 0 aromatic heterocycles. The molecular formula is C12H25NO3S. The van der Waals surface area contributed by atoms with E-state index in [9.17, 15) is 8.42 Å². The molecule has 0 aromatic carbocycles. The van der Waals surface area contributed by atoms with Crippen molar-refractivity contribution in [1.29, 1.82) is 0 Å². The van der Waals surface area contributed by atoms with Gasteiger partial charge in [-0.15, -0.1) is 0 Å². The third-order valence-corrected chi connectivity index (χ3v) is 4.85. The maximum atomic E-state index is 11.2. The van der Waals surface area contributed by atoms with E-state index in [1.165, 1.54) is 12.7 Å². The molecule has 0 radical (unpaired) electrons. The van der Waals surface area contributed by atoms with Crippen LogP contribution < -0.4 is 5.73 Å². The maximum Gasteiger partial charge on any atom is 0.147 e. The Morgan fingerprint density at radius 2 is 2.18 bits per heavy atom. The van der Waals surface area contributed by atoms with Gasteiger partial charge in [0.15, 0.2) is 0 Å². The zero-order valence-corrected chi connectivity index (χ0v) is 11.9. The second-order valence-electron chi connectivity index (χ2n) is 5.50. The van der Waals surface area contributed by atoms with Gasteiger partial charge in [-0.1, -0.05) is 19.8 Å². The minimum atomic E-state index is -2.94. The molecule has 5 heteroatoms. The Labute approximate surface area is 105 Å². The first-order chi connectivity index (χ1) is 7.79. The Hall–Kier alpha value is -0.130. The van der Waals surface area contributed by atoms with E-state index < -0.39 is 9.84 Å². The lowest BCUT2D eigenvalue weighted by Gasteiger charge is -2.43. The van der Waals surface area contributed by atoms with Gasteiger partial charge in [-0.3, -0.25) is 0 Å². The van der Waals surface area contributed by atoms with Crippen LogP contribution in [0.25, 0.3) is 0 Å². The van der Waals surface area contributed by atoms with Crippen LogP contribution in [0, 0.1) is 5.92 Å². The van der Waals surface area contributed by atoms with Crippen LogP contribution in [0.15, 0.2) is 0 Å². The van der Waals surface area contributed by atoms with Crippen molar-refractivity contribution >= 4 is 9.84 Å². The van der Waals surface area contributed by atoms with Crippen molar-refractivity contribution in [1.82, 2.24) is 0 Å². The predicted octanol–water partition coefficient (Wildman–Crippen LogP) is 1.34. The van der Waals surface area contributed by atoms with Gasteiger partial charge in [-0.25, -0.2) is 8.42 Å². The molecule has 3 atom stereocenters. The number of hydrogen-bond acceptors (Lipinski definition) is 4. The lowest BCUT2D eigenvalue weighted by atomic mass is 9.74. The van der Waals surface area contributed by atoms with E-state index in [0.29, 0.717) is 12.3 Å². The topological polar surface area (TPSA) is 69.4 Å². The first kappa shape index (κ1) is 14.9. The Morgan fingerprint density at radius 3 is 2.65 bits per heavy atom. The average molecular weight is 263 g/mol. The quantitative estimate of drug-likeness (QED) is 0.812. The summed E-state index contributed by atoms with van der Waals surface area (Å²) in [5.41, 5.74) is 5.86. The van der Waals surface area contributed by atoms with Gasteiger partial charge in [-0.05, 0) is 25.2 Å². The predicted molar refractivity (Wildman–Crippen MR) is 69.7 cm³/mol. The van der Waals surface area contributed by atoms with Gasteiger partial charge in [0.1, 0.15) is 9.84 Å². The van der Waals surface area contributed by atoms with E-state index in [0.717, 1.165) is 19.3 Å². The van der Waals surface area contributed by atoms with E-state index in [2.05, 4.69) is 6.92 Å². The second-order valence-corrected chi connectivity index (χ2v) is 7.76. The van der Waals surface area contributed by atoms with Crippen LogP contribution in [-0.4, -0.2) is 39.2 Å². The molecule has 0 aliphatic heterocycles. The summed E-state index contributed by atoms with van der Waals surface area (Å²) in [6.07, 6.45) is 5.95. The summed E-state index contributed by atoms with van der Waals surface area (Å²) in [6, 6.07) is -0.190. The maximum absolute atomic E-state index is 11.2. The number of nitrogens with two attached hydrogens (primary N) is 1. The van der Waals surface area contributed by atoms with Crippen molar-refractivity contribution in [3.05, 3.63) is 0 Å². The van der Waals surface area contributed by atoms with E-state index >= 15 is 0 Å². The van der Waals surface area contributed by atoms with Crippen LogP contribution in [0.2, 0.25) is 0 Å². The highest BCUT2D eigenvalue weighted by Gasteiger charge is 2.40. The molecule has 0 bridgehead atoms. The van der Waals surface area contributed by atoms with Crippen molar-refractivity contribution in [3.8, 4) is 0 Å². The third-order valence-electron chi connectivity index (χ3n) is 3.87. The van der Waals surface area contributed by atoms with Gasteiger partial charge in [0.2, 0.25) is 0 Å². The lowest BCUT2D eigenvalue weighted by Crippen LogP contribution is -2.52. The van der Waals surface area contributed by atoms with Crippen LogP contribution in [0.1, 0.15) is 39.0 Å². The fourth-order valence-corrected chi connectivity index (χ4v) is 3.50. The molecule has 17 heavy (non-hydrogen) atoms. The smallest absolute Gasteiger partial charge is 0.147 e. The molecule has 0 heterocycles. The van der Waals surface area contributed by atoms with Gasteiger partial charge in [0.05, 0.1) is 11.4 Å². The number of sulfone groups is 1. The van der Waals surface area contributed by atoms with Crippen molar-refractivity contribution in [3.63, 3.8) is 0 Å². The van der Waals surface area contributed by atoms with Crippen molar-refractivity contribution in [2.45, 2.75) is 50.7 Å². The summed E-state index contributed by atoms with van der Waals surface area (Å²) in [5, 5.41) is 0. The lowest BCUT2D eigenvalue weighted by molar-refractivity contribution is -0.0711. The Bertz CT molecular complexity index is 342. The molecule has 0 amide bonds. The van der Waals surface area contributed by atoms with Gasteiger partial charge >= 0.3 is 0 Å². The van der Waals surface area contributed by atoms with Crippen LogP contribution in [-0.2, 0) is 14.6 Å². The molecule has 1 fully saturated rings. The summed E-state index contributed by atoms with van der Waals surface area (Å²) in [5.74, 6) is 0.751. The Kier molecular flexibility index (Phi) is 4.98.